The quantitative estimate of drug-likeness (QED) is 0.664. The highest BCUT2D eigenvalue weighted by Crippen LogP contribution is 2.37. The van der Waals surface area contributed by atoms with Gasteiger partial charge in [-0.2, -0.15) is 5.26 Å². The maximum atomic E-state index is 14.0. The van der Waals surface area contributed by atoms with E-state index in [1.165, 1.54) is 12.1 Å². The Bertz CT molecular complexity index is 981. The van der Waals surface area contributed by atoms with E-state index in [0.717, 1.165) is 5.56 Å². The lowest BCUT2D eigenvalue weighted by atomic mass is 10.1. The molecule has 0 amide bonds. The van der Waals surface area contributed by atoms with Gasteiger partial charge in [0.15, 0.2) is 0 Å². The van der Waals surface area contributed by atoms with Crippen molar-refractivity contribution in [3.63, 3.8) is 0 Å². The van der Waals surface area contributed by atoms with Crippen molar-refractivity contribution < 1.29 is 18.6 Å². The molecule has 5 heteroatoms. The van der Waals surface area contributed by atoms with E-state index in [4.69, 9.17) is 19.5 Å². The van der Waals surface area contributed by atoms with Crippen LogP contribution in [0.2, 0.25) is 0 Å². The minimum Gasteiger partial charge on any atom is -0.489 e. The molecule has 0 saturated heterocycles. The fourth-order valence-corrected chi connectivity index (χ4v) is 2.95. The van der Waals surface area contributed by atoms with Crippen molar-refractivity contribution in [3.05, 3.63) is 94.8 Å². The van der Waals surface area contributed by atoms with Gasteiger partial charge in [0.25, 0.3) is 0 Å². The molecule has 0 N–H and O–H groups in total. The number of halogens is 1. The van der Waals surface area contributed by atoms with Crippen LogP contribution in [0.25, 0.3) is 0 Å². The summed E-state index contributed by atoms with van der Waals surface area (Å²) in [5.74, 6) is 0.821. The summed E-state index contributed by atoms with van der Waals surface area (Å²) < 4.78 is 31.5. The Kier molecular flexibility index (Phi) is 4.73. The fourth-order valence-electron chi connectivity index (χ4n) is 2.95. The van der Waals surface area contributed by atoms with Crippen molar-refractivity contribution in [3.8, 4) is 17.6 Å². The molecule has 3 aromatic rings. The molecule has 0 aliphatic carbocycles. The first-order valence-electron chi connectivity index (χ1n) is 8.50. The molecule has 0 fully saturated rings. The van der Waals surface area contributed by atoms with Gasteiger partial charge < -0.3 is 14.2 Å². The van der Waals surface area contributed by atoms with Gasteiger partial charge in [-0.15, -0.1) is 0 Å². The first kappa shape index (κ1) is 17.1. The molecule has 4 nitrogen and oxygen atoms in total. The summed E-state index contributed by atoms with van der Waals surface area (Å²) in [5.41, 5.74) is 2.71. The first-order chi connectivity index (χ1) is 13.2. The molecule has 0 spiro atoms. The molecule has 134 valence electrons. The molecular weight excluding hydrogens is 345 g/mol. The molecule has 1 aliphatic rings. The molecule has 4 rings (SSSR count). The van der Waals surface area contributed by atoms with E-state index >= 15 is 0 Å². The molecule has 0 aromatic heterocycles. The van der Waals surface area contributed by atoms with Gasteiger partial charge in [-0.3, -0.25) is 0 Å². The zero-order valence-electron chi connectivity index (χ0n) is 14.4. The Balaban J connectivity index is 1.56. The van der Waals surface area contributed by atoms with Gasteiger partial charge in [0.1, 0.15) is 23.9 Å². The summed E-state index contributed by atoms with van der Waals surface area (Å²) in [5, 5.41) is 8.86. The Morgan fingerprint density at radius 1 is 1.07 bits per heavy atom. The third-order valence-electron chi connectivity index (χ3n) is 4.27. The van der Waals surface area contributed by atoms with Crippen LogP contribution in [0.15, 0.2) is 66.7 Å². The number of hydrogen-bond donors (Lipinski definition) is 0. The molecule has 0 radical (unpaired) electrons. The van der Waals surface area contributed by atoms with E-state index in [-0.39, 0.29) is 19.0 Å². The summed E-state index contributed by atoms with van der Waals surface area (Å²) in [4.78, 5) is 0. The highest BCUT2D eigenvalue weighted by Gasteiger charge is 2.25. The van der Waals surface area contributed by atoms with Gasteiger partial charge in [-0.1, -0.05) is 30.3 Å². The average molecular weight is 361 g/mol. The van der Waals surface area contributed by atoms with Crippen molar-refractivity contribution >= 4 is 0 Å². The van der Waals surface area contributed by atoms with Crippen molar-refractivity contribution in [1.82, 2.24) is 0 Å². The van der Waals surface area contributed by atoms with Gasteiger partial charge >= 0.3 is 0 Å². The van der Waals surface area contributed by atoms with Crippen LogP contribution in [0.3, 0.4) is 0 Å². The summed E-state index contributed by atoms with van der Waals surface area (Å²) >= 11 is 0. The maximum Gasteiger partial charge on any atom is 0.227 e. The summed E-state index contributed by atoms with van der Waals surface area (Å²) in [6.07, 6.45) is -0.544. The van der Waals surface area contributed by atoms with E-state index in [9.17, 15) is 4.39 Å². The molecule has 1 aliphatic heterocycles. The predicted molar refractivity (Wildman–Crippen MR) is 96.5 cm³/mol. The van der Waals surface area contributed by atoms with Crippen LogP contribution in [-0.4, -0.2) is 0 Å². The normalized spacial score (nSPS) is 15.3. The largest absolute Gasteiger partial charge is 0.489 e. The van der Waals surface area contributed by atoms with Crippen LogP contribution in [0, 0.1) is 17.1 Å². The van der Waals surface area contributed by atoms with Crippen LogP contribution in [-0.2, 0) is 18.0 Å². The van der Waals surface area contributed by atoms with Gasteiger partial charge in [0.05, 0.1) is 18.2 Å². The smallest absolute Gasteiger partial charge is 0.227 e. The van der Waals surface area contributed by atoms with Gasteiger partial charge in [-0.05, 0) is 36.4 Å². The van der Waals surface area contributed by atoms with Gasteiger partial charge in [0, 0.05) is 16.7 Å². The van der Waals surface area contributed by atoms with Crippen LogP contribution < -0.4 is 9.47 Å². The van der Waals surface area contributed by atoms with E-state index in [1.807, 2.05) is 30.3 Å². The molecule has 1 heterocycles. The van der Waals surface area contributed by atoms with Crippen molar-refractivity contribution in [2.24, 2.45) is 0 Å². The lowest BCUT2D eigenvalue weighted by molar-refractivity contribution is -0.112. The lowest BCUT2D eigenvalue weighted by Gasteiger charge is -2.28. The second-order valence-corrected chi connectivity index (χ2v) is 6.15. The van der Waals surface area contributed by atoms with E-state index in [1.54, 1.807) is 24.3 Å². The number of fused-ring (bicyclic) bond motifs is 1. The Labute approximate surface area is 156 Å². The number of rotatable bonds is 4. The summed E-state index contributed by atoms with van der Waals surface area (Å²) in [6, 6.07) is 21.2. The third kappa shape index (κ3) is 3.76. The zero-order valence-corrected chi connectivity index (χ0v) is 14.4. The highest BCUT2D eigenvalue weighted by atomic mass is 19.1. The Hall–Kier alpha value is -3.36. The Morgan fingerprint density at radius 2 is 1.85 bits per heavy atom. The fraction of sp³-hybridized carbons (Fsp3) is 0.136. The first-order valence-corrected chi connectivity index (χ1v) is 8.50. The summed E-state index contributed by atoms with van der Waals surface area (Å²) in [6.45, 7) is 0.407. The molecular formula is C22H16FNO3. The number of benzene rings is 3. The molecule has 1 atom stereocenters. The average Bonchev–Trinajstić information content (AvgIpc) is 2.72. The van der Waals surface area contributed by atoms with E-state index in [0.29, 0.717) is 28.2 Å². The zero-order chi connectivity index (χ0) is 18.6. The summed E-state index contributed by atoms with van der Waals surface area (Å²) in [7, 11) is 0. The SMILES string of the molecule is N#Cc1ccc(OCc2cc(F)cc3c2OC(c2ccccc2)OC3)cc1. The minimum atomic E-state index is -0.544. The standard InChI is InChI=1S/C22H16FNO3/c23-19-10-17(13-25-20-8-6-15(12-24)7-9-20)21-18(11-19)14-26-22(27-21)16-4-2-1-3-5-16/h1-11,22H,13-14H2. The number of nitrogens with zero attached hydrogens (tertiary/aromatic N) is 1. The maximum absolute atomic E-state index is 14.0. The van der Waals surface area contributed by atoms with E-state index in [2.05, 4.69) is 6.07 Å². The number of hydrogen-bond acceptors (Lipinski definition) is 4. The van der Waals surface area contributed by atoms with Gasteiger partial charge in [-0.25, -0.2) is 4.39 Å². The van der Waals surface area contributed by atoms with Crippen LogP contribution in [0.1, 0.15) is 28.5 Å². The van der Waals surface area contributed by atoms with Gasteiger partial charge in [0.2, 0.25) is 6.29 Å². The molecule has 3 aromatic carbocycles. The second kappa shape index (κ2) is 7.48. The number of ether oxygens (including phenoxy) is 3. The van der Waals surface area contributed by atoms with Crippen molar-refractivity contribution in [2.75, 3.05) is 0 Å². The third-order valence-corrected chi connectivity index (χ3v) is 4.27. The van der Waals surface area contributed by atoms with Crippen LogP contribution in [0.4, 0.5) is 4.39 Å². The van der Waals surface area contributed by atoms with Crippen LogP contribution >= 0.6 is 0 Å². The predicted octanol–water partition coefficient (Wildman–Crippen LogP) is 4.88. The molecule has 27 heavy (non-hydrogen) atoms. The molecule has 0 bridgehead atoms. The second-order valence-electron chi connectivity index (χ2n) is 6.15. The Morgan fingerprint density at radius 3 is 2.59 bits per heavy atom. The lowest BCUT2D eigenvalue weighted by Crippen LogP contribution is -2.19. The van der Waals surface area contributed by atoms with E-state index < -0.39 is 6.29 Å². The highest BCUT2D eigenvalue weighted by molar-refractivity contribution is 5.43. The number of nitriles is 1. The monoisotopic (exact) mass is 361 g/mol. The molecule has 1 unspecified atom stereocenters. The van der Waals surface area contributed by atoms with Crippen molar-refractivity contribution in [1.29, 1.82) is 5.26 Å². The van der Waals surface area contributed by atoms with Crippen molar-refractivity contribution in [2.45, 2.75) is 19.5 Å². The minimum absolute atomic E-state index is 0.146. The van der Waals surface area contributed by atoms with Crippen LogP contribution in [0.5, 0.6) is 11.5 Å². The topological polar surface area (TPSA) is 51.5 Å². The molecule has 0 saturated carbocycles.